The van der Waals surface area contributed by atoms with E-state index in [0.717, 1.165) is 23.7 Å². The molecule has 3 nitrogen and oxygen atoms in total. The minimum Gasteiger partial charge on any atom is -0.377 e. The van der Waals surface area contributed by atoms with Crippen LogP contribution >= 0.6 is 11.9 Å². The summed E-state index contributed by atoms with van der Waals surface area (Å²) in [4.78, 5) is 2.87. The summed E-state index contributed by atoms with van der Waals surface area (Å²) in [5.41, 5.74) is 0. The Balaban J connectivity index is 1.42. The normalized spacial score (nSPS) is 42.0. The van der Waals surface area contributed by atoms with E-state index in [1.807, 2.05) is 11.9 Å². The minimum atomic E-state index is 0.511. The molecule has 0 radical (unpaired) electrons. The van der Waals surface area contributed by atoms with Crippen LogP contribution in [0.2, 0.25) is 0 Å². The summed E-state index contributed by atoms with van der Waals surface area (Å²) in [6.07, 6.45) is 17.3. The summed E-state index contributed by atoms with van der Waals surface area (Å²) < 4.78 is 9.96. The molecule has 4 rings (SSSR count). The molecule has 2 aliphatic carbocycles. The van der Waals surface area contributed by atoms with Gasteiger partial charge < -0.3 is 4.74 Å². The molecule has 0 aromatic carbocycles. The van der Waals surface area contributed by atoms with Crippen molar-refractivity contribution < 1.29 is 4.74 Å². The standard InChI is InChI=1S/C21H38N2OS/c1-2-4-7-17-8-9-18(17)16-23-13-6-14-24-21-11-10-19(15-20(21)23)25-22-12-5-3-1/h17-22H,1-16H2. The molecule has 4 aliphatic rings. The van der Waals surface area contributed by atoms with E-state index in [0.29, 0.717) is 12.1 Å². The first-order valence-corrected chi connectivity index (χ1v) is 12.0. The maximum absolute atomic E-state index is 6.27. The summed E-state index contributed by atoms with van der Waals surface area (Å²) in [5.74, 6) is 2.02. The molecule has 2 aliphatic heterocycles. The molecule has 2 bridgehead atoms. The zero-order chi connectivity index (χ0) is 16.9. The smallest absolute Gasteiger partial charge is 0.0731 e. The molecule has 4 heteroatoms. The SMILES string of the molecule is C1CCCNSC2CCC3OCCCN(CC4CCC4CCC1)C3C2. The van der Waals surface area contributed by atoms with Crippen molar-refractivity contribution in [2.75, 3.05) is 26.2 Å². The summed E-state index contributed by atoms with van der Waals surface area (Å²) in [5, 5.41) is 0.788. The number of hydrogen-bond acceptors (Lipinski definition) is 4. The molecule has 5 atom stereocenters. The van der Waals surface area contributed by atoms with Crippen LogP contribution in [0.25, 0.3) is 0 Å². The van der Waals surface area contributed by atoms with Gasteiger partial charge in [0.15, 0.2) is 0 Å². The molecule has 144 valence electrons. The summed E-state index contributed by atoms with van der Waals surface area (Å²) in [7, 11) is 0. The third-order valence-electron chi connectivity index (χ3n) is 7.24. The van der Waals surface area contributed by atoms with Crippen LogP contribution in [-0.2, 0) is 4.74 Å². The van der Waals surface area contributed by atoms with Crippen LogP contribution < -0.4 is 4.72 Å². The predicted octanol–water partition coefficient (Wildman–Crippen LogP) is 4.62. The van der Waals surface area contributed by atoms with Crippen molar-refractivity contribution in [2.24, 2.45) is 11.8 Å². The van der Waals surface area contributed by atoms with Crippen molar-refractivity contribution in [1.29, 1.82) is 0 Å². The van der Waals surface area contributed by atoms with Crippen LogP contribution in [0.15, 0.2) is 0 Å². The van der Waals surface area contributed by atoms with Gasteiger partial charge in [0.1, 0.15) is 0 Å². The second-order valence-corrected chi connectivity index (χ2v) is 10.1. The fourth-order valence-electron chi connectivity index (χ4n) is 5.53. The van der Waals surface area contributed by atoms with Crippen LogP contribution in [0.1, 0.15) is 77.0 Å². The van der Waals surface area contributed by atoms with Crippen molar-refractivity contribution in [3.63, 3.8) is 0 Å². The number of fused-ring (bicyclic) bond motifs is 2. The molecular formula is C21H38N2OS. The van der Waals surface area contributed by atoms with Gasteiger partial charge in [0.25, 0.3) is 0 Å². The van der Waals surface area contributed by atoms with Gasteiger partial charge >= 0.3 is 0 Å². The number of rotatable bonds is 0. The summed E-state index contributed by atoms with van der Waals surface area (Å²) in [6, 6.07) is 0.685. The van der Waals surface area contributed by atoms with E-state index in [2.05, 4.69) is 9.62 Å². The van der Waals surface area contributed by atoms with Crippen LogP contribution in [-0.4, -0.2) is 48.5 Å². The van der Waals surface area contributed by atoms with Crippen LogP contribution in [0, 0.1) is 11.8 Å². The fraction of sp³-hybridized carbons (Fsp3) is 1.00. The van der Waals surface area contributed by atoms with E-state index in [1.54, 1.807) is 0 Å². The lowest BCUT2D eigenvalue weighted by molar-refractivity contribution is -0.0189. The van der Waals surface area contributed by atoms with Gasteiger partial charge in [0.2, 0.25) is 0 Å². The molecule has 1 N–H and O–H groups in total. The maximum atomic E-state index is 6.27. The van der Waals surface area contributed by atoms with Crippen LogP contribution in [0.5, 0.6) is 0 Å². The van der Waals surface area contributed by atoms with Crippen molar-refractivity contribution in [3.05, 3.63) is 0 Å². The molecule has 25 heavy (non-hydrogen) atoms. The molecule has 5 unspecified atom stereocenters. The third-order valence-corrected chi connectivity index (χ3v) is 8.38. The van der Waals surface area contributed by atoms with E-state index < -0.39 is 0 Å². The molecule has 0 aromatic rings. The largest absolute Gasteiger partial charge is 0.377 e. The molecule has 0 amide bonds. The quantitative estimate of drug-likeness (QED) is 0.632. The van der Waals surface area contributed by atoms with Crippen molar-refractivity contribution >= 4 is 11.9 Å². The highest BCUT2D eigenvalue weighted by molar-refractivity contribution is 7.98. The van der Waals surface area contributed by atoms with Gasteiger partial charge in [-0.3, -0.25) is 9.62 Å². The molecular weight excluding hydrogens is 328 g/mol. The van der Waals surface area contributed by atoms with E-state index in [-0.39, 0.29) is 0 Å². The van der Waals surface area contributed by atoms with E-state index in [4.69, 9.17) is 4.74 Å². The Morgan fingerprint density at radius 2 is 1.72 bits per heavy atom. The Bertz CT molecular complexity index is 407. The monoisotopic (exact) mass is 366 g/mol. The van der Waals surface area contributed by atoms with Gasteiger partial charge in [0, 0.05) is 37.5 Å². The highest BCUT2D eigenvalue weighted by Crippen LogP contribution is 2.41. The first kappa shape index (κ1) is 18.6. The number of nitrogens with zero attached hydrogens (tertiary/aromatic N) is 1. The topological polar surface area (TPSA) is 24.5 Å². The zero-order valence-electron chi connectivity index (χ0n) is 16.0. The van der Waals surface area contributed by atoms with Gasteiger partial charge in [-0.2, -0.15) is 0 Å². The first-order valence-electron chi connectivity index (χ1n) is 11.1. The lowest BCUT2D eigenvalue weighted by atomic mass is 9.70. The average Bonchev–Trinajstić information content (AvgIpc) is 2.81. The number of ether oxygens (including phenoxy) is 1. The average molecular weight is 367 g/mol. The lowest BCUT2D eigenvalue weighted by Crippen LogP contribution is -2.51. The number of nitrogens with one attached hydrogen (secondary N) is 1. The van der Waals surface area contributed by atoms with Crippen LogP contribution in [0.3, 0.4) is 0 Å². The second kappa shape index (κ2) is 9.43. The summed E-state index contributed by atoms with van der Waals surface area (Å²) >= 11 is 2.04. The Kier molecular flexibility index (Phi) is 7.01. The van der Waals surface area contributed by atoms with Crippen molar-refractivity contribution in [2.45, 2.75) is 94.4 Å². The summed E-state index contributed by atoms with van der Waals surface area (Å²) in [6.45, 7) is 4.82. The third kappa shape index (κ3) is 4.94. The first-order chi connectivity index (χ1) is 12.4. The Hall–Kier alpha value is 0.230. The van der Waals surface area contributed by atoms with Gasteiger partial charge in [-0.05, 0) is 56.8 Å². The van der Waals surface area contributed by atoms with Crippen molar-refractivity contribution in [3.8, 4) is 0 Å². The van der Waals surface area contributed by atoms with Gasteiger partial charge in [-0.25, -0.2) is 0 Å². The molecule has 0 spiro atoms. The minimum absolute atomic E-state index is 0.511. The van der Waals surface area contributed by atoms with E-state index in [1.165, 1.54) is 96.7 Å². The molecule has 0 aromatic heterocycles. The molecule has 2 saturated heterocycles. The van der Waals surface area contributed by atoms with Gasteiger partial charge in [-0.15, -0.1) is 0 Å². The second-order valence-electron chi connectivity index (χ2n) is 8.93. The van der Waals surface area contributed by atoms with E-state index in [9.17, 15) is 0 Å². The number of hydrogen-bond donors (Lipinski definition) is 1. The highest BCUT2D eigenvalue weighted by Gasteiger charge is 2.39. The van der Waals surface area contributed by atoms with Gasteiger partial charge in [-0.1, -0.05) is 44.1 Å². The molecule has 2 saturated carbocycles. The zero-order valence-corrected chi connectivity index (χ0v) is 16.8. The Morgan fingerprint density at radius 3 is 2.64 bits per heavy atom. The molecule has 4 fully saturated rings. The Morgan fingerprint density at radius 1 is 0.840 bits per heavy atom. The Labute approximate surface area is 159 Å². The fourth-order valence-corrected chi connectivity index (χ4v) is 6.58. The van der Waals surface area contributed by atoms with Crippen molar-refractivity contribution in [1.82, 2.24) is 9.62 Å². The highest BCUT2D eigenvalue weighted by atomic mass is 32.2. The molecule has 2 heterocycles. The predicted molar refractivity (Wildman–Crippen MR) is 107 cm³/mol. The van der Waals surface area contributed by atoms with Crippen LogP contribution in [0.4, 0.5) is 0 Å². The maximum Gasteiger partial charge on any atom is 0.0731 e. The van der Waals surface area contributed by atoms with E-state index >= 15 is 0 Å². The van der Waals surface area contributed by atoms with Gasteiger partial charge in [0.05, 0.1) is 6.10 Å². The lowest BCUT2D eigenvalue weighted by Gasteiger charge is -2.45.